The summed E-state index contributed by atoms with van der Waals surface area (Å²) in [5, 5.41) is 14.4. The molecule has 2 amide bonds. The summed E-state index contributed by atoms with van der Waals surface area (Å²) in [5.74, 6) is -1.32. The molecule has 0 spiro atoms. The maximum atomic E-state index is 12.4. The van der Waals surface area contributed by atoms with E-state index in [1.807, 2.05) is 20.1 Å². The number of nitrogens with one attached hydrogen (secondary N) is 2. The van der Waals surface area contributed by atoms with E-state index in [1.165, 1.54) is 0 Å². The van der Waals surface area contributed by atoms with E-state index in [0.29, 0.717) is 12.8 Å². The number of carbonyl (C=O) groups is 3. The molecule has 3 atom stereocenters. The zero-order valence-electron chi connectivity index (χ0n) is 15.2. The van der Waals surface area contributed by atoms with Gasteiger partial charge < -0.3 is 21.5 Å². The molecule has 5 N–H and O–H groups in total. The van der Waals surface area contributed by atoms with Gasteiger partial charge in [-0.2, -0.15) is 11.8 Å². The predicted octanol–water partition coefficient (Wildman–Crippen LogP) is 0.823. The number of carboxylic acid groups (broad SMARTS) is 1. The zero-order chi connectivity index (χ0) is 18.9. The summed E-state index contributed by atoms with van der Waals surface area (Å²) in [6.45, 7) is 7.29. The van der Waals surface area contributed by atoms with Gasteiger partial charge in [-0.05, 0) is 36.7 Å². The van der Waals surface area contributed by atoms with Crippen LogP contribution < -0.4 is 16.4 Å². The van der Waals surface area contributed by atoms with Gasteiger partial charge in [0.1, 0.15) is 12.1 Å². The molecule has 0 aliphatic rings. The maximum absolute atomic E-state index is 12.4. The van der Waals surface area contributed by atoms with Crippen LogP contribution in [0.25, 0.3) is 0 Å². The van der Waals surface area contributed by atoms with Crippen molar-refractivity contribution in [1.82, 2.24) is 10.6 Å². The summed E-state index contributed by atoms with van der Waals surface area (Å²) in [6.07, 6.45) is 2.86. The second-order valence-corrected chi connectivity index (χ2v) is 7.63. The van der Waals surface area contributed by atoms with Crippen LogP contribution in [0.4, 0.5) is 0 Å². The van der Waals surface area contributed by atoms with Crippen LogP contribution in [0, 0.1) is 11.8 Å². The lowest BCUT2D eigenvalue weighted by molar-refractivity contribution is -0.143. The first-order valence-electron chi connectivity index (χ1n) is 8.18. The van der Waals surface area contributed by atoms with Gasteiger partial charge in [0.25, 0.3) is 0 Å². The SMILES string of the molecule is CSCCC(N)C(=O)NC(CC(C)C)C(=O)NC(C(=O)O)C(C)C. The lowest BCUT2D eigenvalue weighted by atomic mass is 10.00. The van der Waals surface area contributed by atoms with Gasteiger partial charge in [-0.25, -0.2) is 4.79 Å². The first-order chi connectivity index (χ1) is 11.1. The van der Waals surface area contributed by atoms with Crippen LogP contribution >= 0.6 is 11.8 Å². The van der Waals surface area contributed by atoms with Gasteiger partial charge in [-0.3, -0.25) is 9.59 Å². The van der Waals surface area contributed by atoms with Gasteiger partial charge in [0.2, 0.25) is 11.8 Å². The number of nitrogens with two attached hydrogens (primary N) is 1. The average molecular weight is 362 g/mol. The minimum atomic E-state index is -1.09. The fourth-order valence-corrected chi connectivity index (χ4v) is 2.61. The van der Waals surface area contributed by atoms with E-state index in [2.05, 4.69) is 10.6 Å². The molecule has 0 rings (SSSR count). The summed E-state index contributed by atoms with van der Waals surface area (Å²) in [7, 11) is 0. The molecule has 3 unspecified atom stereocenters. The highest BCUT2D eigenvalue weighted by atomic mass is 32.2. The number of aliphatic carboxylic acids is 1. The number of hydrogen-bond acceptors (Lipinski definition) is 5. The summed E-state index contributed by atoms with van der Waals surface area (Å²) >= 11 is 1.59. The Labute approximate surface area is 148 Å². The third-order valence-corrected chi connectivity index (χ3v) is 4.18. The van der Waals surface area contributed by atoms with Crippen LogP contribution in [-0.2, 0) is 14.4 Å². The average Bonchev–Trinajstić information content (AvgIpc) is 2.47. The summed E-state index contributed by atoms with van der Waals surface area (Å²) in [5.41, 5.74) is 5.83. The maximum Gasteiger partial charge on any atom is 0.326 e. The Morgan fingerprint density at radius 2 is 1.67 bits per heavy atom. The second kappa shape index (κ2) is 11.3. The van der Waals surface area contributed by atoms with Crippen molar-refractivity contribution in [2.75, 3.05) is 12.0 Å². The van der Waals surface area contributed by atoms with Crippen molar-refractivity contribution in [2.24, 2.45) is 17.6 Å². The van der Waals surface area contributed by atoms with Crippen LogP contribution in [0.1, 0.15) is 40.5 Å². The number of carbonyl (C=O) groups excluding carboxylic acids is 2. The molecule has 0 fully saturated rings. The Balaban J connectivity index is 4.95. The van der Waals surface area contributed by atoms with Crippen molar-refractivity contribution >= 4 is 29.5 Å². The second-order valence-electron chi connectivity index (χ2n) is 6.65. The normalized spacial score (nSPS) is 15.0. The third kappa shape index (κ3) is 8.54. The smallest absolute Gasteiger partial charge is 0.326 e. The standard InChI is InChI=1S/C16H31N3O4S/c1-9(2)8-12(18-14(20)11(17)6-7-24-5)15(21)19-13(10(3)4)16(22)23/h9-13H,6-8,17H2,1-5H3,(H,18,20)(H,19,21)(H,22,23). The van der Waals surface area contributed by atoms with Crippen molar-refractivity contribution in [3.63, 3.8) is 0 Å². The highest BCUT2D eigenvalue weighted by Gasteiger charge is 2.29. The van der Waals surface area contributed by atoms with Crippen LogP contribution in [0.3, 0.4) is 0 Å². The molecule has 7 nitrogen and oxygen atoms in total. The van der Waals surface area contributed by atoms with Gasteiger partial charge in [0, 0.05) is 0 Å². The number of rotatable bonds is 11. The lowest BCUT2D eigenvalue weighted by Crippen LogP contribution is -2.55. The van der Waals surface area contributed by atoms with Gasteiger partial charge in [0.15, 0.2) is 0 Å². The van der Waals surface area contributed by atoms with E-state index < -0.39 is 30.0 Å². The Morgan fingerprint density at radius 1 is 1.08 bits per heavy atom. The molecule has 140 valence electrons. The van der Waals surface area contributed by atoms with Crippen molar-refractivity contribution in [2.45, 2.75) is 58.7 Å². The van der Waals surface area contributed by atoms with Gasteiger partial charge in [0.05, 0.1) is 6.04 Å². The van der Waals surface area contributed by atoms with E-state index in [1.54, 1.807) is 25.6 Å². The first-order valence-corrected chi connectivity index (χ1v) is 9.57. The van der Waals surface area contributed by atoms with Crippen molar-refractivity contribution in [3.8, 4) is 0 Å². The van der Waals surface area contributed by atoms with E-state index in [9.17, 15) is 19.5 Å². The fraction of sp³-hybridized carbons (Fsp3) is 0.812. The lowest BCUT2D eigenvalue weighted by Gasteiger charge is -2.25. The molecule has 0 heterocycles. The molecular weight excluding hydrogens is 330 g/mol. The monoisotopic (exact) mass is 361 g/mol. The Morgan fingerprint density at radius 3 is 2.08 bits per heavy atom. The van der Waals surface area contributed by atoms with E-state index in [-0.39, 0.29) is 17.7 Å². The fourth-order valence-electron chi connectivity index (χ4n) is 2.13. The highest BCUT2D eigenvalue weighted by Crippen LogP contribution is 2.09. The van der Waals surface area contributed by atoms with E-state index in [4.69, 9.17) is 5.73 Å². The molecule has 24 heavy (non-hydrogen) atoms. The highest BCUT2D eigenvalue weighted by molar-refractivity contribution is 7.98. The quantitative estimate of drug-likeness (QED) is 0.432. The molecule has 0 bridgehead atoms. The Kier molecular flexibility index (Phi) is 10.7. The van der Waals surface area contributed by atoms with Crippen LogP contribution in [0.2, 0.25) is 0 Å². The molecular formula is C16H31N3O4S. The summed E-state index contributed by atoms with van der Waals surface area (Å²) in [6, 6.07) is -2.46. The molecule has 0 aliphatic carbocycles. The van der Waals surface area contributed by atoms with Crippen LogP contribution in [-0.4, -0.2) is 53.0 Å². The third-order valence-electron chi connectivity index (χ3n) is 3.54. The molecule has 0 aromatic carbocycles. The van der Waals surface area contributed by atoms with Crippen LogP contribution in [0.5, 0.6) is 0 Å². The minimum Gasteiger partial charge on any atom is -0.480 e. The molecule has 0 saturated carbocycles. The molecule has 0 saturated heterocycles. The van der Waals surface area contributed by atoms with Gasteiger partial charge in [-0.15, -0.1) is 0 Å². The topological polar surface area (TPSA) is 122 Å². The Hall–Kier alpha value is -1.28. The van der Waals surface area contributed by atoms with E-state index in [0.717, 1.165) is 5.75 Å². The molecule has 0 aromatic heterocycles. The molecule has 0 aliphatic heterocycles. The minimum absolute atomic E-state index is 0.158. The summed E-state index contributed by atoms with van der Waals surface area (Å²) in [4.78, 5) is 35.8. The largest absolute Gasteiger partial charge is 0.480 e. The molecule has 0 aromatic rings. The summed E-state index contributed by atoms with van der Waals surface area (Å²) < 4.78 is 0. The molecule has 0 radical (unpaired) electrons. The first kappa shape index (κ1) is 22.7. The predicted molar refractivity (Wildman–Crippen MR) is 96.8 cm³/mol. The number of hydrogen-bond donors (Lipinski definition) is 4. The van der Waals surface area contributed by atoms with Gasteiger partial charge in [-0.1, -0.05) is 27.7 Å². The number of carboxylic acids is 1. The van der Waals surface area contributed by atoms with Crippen molar-refractivity contribution < 1.29 is 19.5 Å². The van der Waals surface area contributed by atoms with Crippen molar-refractivity contribution in [1.29, 1.82) is 0 Å². The molecule has 8 heteroatoms. The van der Waals surface area contributed by atoms with Gasteiger partial charge >= 0.3 is 5.97 Å². The van der Waals surface area contributed by atoms with Crippen molar-refractivity contribution in [3.05, 3.63) is 0 Å². The van der Waals surface area contributed by atoms with E-state index >= 15 is 0 Å². The van der Waals surface area contributed by atoms with Crippen LogP contribution in [0.15, 0.2) is 0 Å². The number of amides is 2. The zero-order valence-corrected chi connectivity index (χ0v) is 16.0. The Bertz CT molecular complexity index is 430. The number of thioether (sulfide) groups is 1.